The number of benzene rings is 7. The Labute approximate surface area is 232 Å². The predicted octanol–water partition coefficient (Wildman–Crippen LogP) is 10.1. The van der Waals surface area contributed by atoms with E-state index in [0.29, 0.717) is 0 Å². The van der Waals surface area contributed by atoms with Crippen molar-refractivity contribution in [3.8, 4) is 27.9 Å². The number of imidazole rings is 1. The second-order valence-corrected chi connectivity index (χ2v) is 10.4. The summed E-state index contributed by atoms with van der Waals surface area (Å²) in [6, 6.07) is 50.2. The molecule has 2 heteroatoms. The second kappa shape index (κ2) is 8.93. The summed E-state index contributed by atoms with van der Waals surface area (Å²) in [5.41, 5.74) is 8.27. The lowest BCUT2D eigenvalue weighted by Crippen LogP contribution is -2.00. The smallest absolute Gasteiger partial charge is 0.111 e. The van der Waals surface area contributed by atoms with Crippen molar-refractivity contribution in [2.45, 2.75) is 6.92 Å². The molecule has 1 aromatic heterocycles. The molecule has 0 radical (unpaired) electrons. The van der Waals surface area contributed by atoms with Crippen molar-refractivity contribution < 1.29 is 0 Å². The third-order valence-electron chi connectivity index (χ3n) is 8.13. The number of hydrogen-bond acceptors (Lipinski definition) is 1. The zero-order chi connectivity index (χ0) is 26.6. The molecule has 1 heterocycles. The molecule has 40 heavy (non-hydrogen) atoms. The topological polar surface area (TPSA) is 17.8 Å². The van der Waals surface area contributed by atoms with Crippen LogP contribution in [0.15, 0.2) is 140 Å². The van der Waals surface area contributed by atoms with Crippen molar-refractivity contribution in [1.29, 1.82) is 0 Å². The van der Waals surface area contributed by atoms with Crippen LogP contribution in [0.4, 0.5) is 0 Å². The van der Waals surface area contributed by atoms with E-state index in [-0.39, 0.29) is 0 Å². The third kappa shape index (κ3) is 3.33. The van der Waals surface area contributed by atoms with Gasteiger partial charge in [-0.1, -0.05) is 121 Å². The van der Waals surface area contributed by atoms with Gasteiger partial charge in [-0.25, -0.2) is 4.98 Å². The van der Waals surface area contributed by atoms with Gasteiger partial charge >= 0.3 is 0 Å². The molecule has 0 atom stereocenters. The minimum absolute atomic E-state index is 0.981. The number of para-hydroxylation sites is 3. The zero-order valence-electron chi connectivity index (χ0n) is 22.2. The van der Waals surface area contributed by atoms with Crippen molar-refractivity contribution in [2.75, 3.05) is 0 Å². The van der Waals surface area contributed by atoms with Gasteiger partial charge in [-0.15, -0.1) is 0 Å². The summed E-state index contributed by atoms with van der Waals surface area (Å²) in [6.45, 7) is 2.09. The van der Waals surface area contributed by atoms with Gasteiger partial charge in [0.2, 0.25) is 0 Å². The van der Waals surface area contributed by atoms with Gasteiger partial charge in [0.05, 0.1) is 16.7 Å². The number of aromatic nitrogens is 2. The van der Waals surface area contributed by atoms with Crippen molar-refractivity contribution >= 4 is 43.4 Å². The maximum atomic E-state index is 4.89. The van der Waals surface area contributed by atoms with Crippen LogP contribution in [0.2, 0.25) is 0 Å². The normalized spacial score (nSPS) is 11.6. The van der Waals surface area contributed by atoms with E-state index in [1.807, 2.05) is 0 Å². The lowest BCUT2D eigenvalue weighted by molar-refractivity contribution is 1.00. The molecule has 0 bridgehead atoms. The largest absolute Gasteiger partial charge is 0.296 e. The summed E-state index contributed by atoms with van der Waals surface area (Å²) < 4.78 is 2.30. The quantitative estimate of drug-likeness (QED) is 0.216. The van der Waals surface area contributed by atoms with E-state index in [1.165, 1.54) is 54.6 Å². The highest BCUT2D eigenvalue weighted by molar-refractivity contribution is 6.24. The Morgan fingerprint density at radius 1 is 0.450 bits per heavy atom. The van der Waals surface area contributed by atoms with E-state index in [9.17, 15) is 0 Å². The molecule has 0 N–H and O–H groups in total. The van der Waals surface area contributed by atoms with Crippen molar-refractivity contribution in [3.05, 3.63) is 145 Å². The lowest BCUT2D eigenvalue weighted by Gasteiger charge is -2.21. The molecule has 7 aromatic carbocycles. The molecule has 8 rings (SSSR count). The van der Waals surface area contributed by atoms with Crippen LogP contribution in [0, 0.1) is 6.92 Å². The van der Waals surface area contributed by atoms with Crippen molar-refractivity contribution in [2.24, 2.45) is 0 Å². The first-order valence-electron chi connectivity index (χ1n) is 13.7. The second-order valence-electron chi connectivity index (χ2n) is 10.4. The van der Waals surface area contributed by atoms with Gasteiger partial charge in [0.15, 0.2) is 0 Å². The van der Waals surface area contributed by atoms with Gasteiger partial charge in [0, 0.05) is 5.56 Å². The summed E-state index contributed by atoms with van der Waals surface area (Å²) in [4.78, 5) is 4.89. The molecule has 0 amide bonds. The van der Waals surface area contributed by atoms with Crippen LogP contribution in [0.5, 0.6) is 0 Å². The van der Waals surface area contributed by atoms with E-state index < -0.39 is 0 Å². The van der Waals surface area contributed by atoms with Crippen LogP contribution in [0.3, 0.4) is 0 Å². The molecule has 0 aliphatic carbocycles. The maximum Gasteiger partial charge on any atom is 0.111 e. The highest BCUT2D eigenvalue weighted by Crippen LogP contribution is 2.46. The first-order valence-corrected chi connectivity index (χ1v) is 13.7. The van der Waals surface area contributed by atoms with Gasteiger partial charge in [0.1, 0.15) is 5.82 Å². The highest BCUT2D eigenvalue weighted by atomic mass is 15.1. The lowest BCUT2D eigenvalue weighted by atomic mass is 9.84. The molecule has 8 aromatic rings. The number of nitrogens with zero attached hydrogens (tertiary/aromatic N) is 2. The SMILES string of the molecule is Cc1nc2ccccc2n1-c1ccccc1-c1c2ccccc2c(-c2cccc3ccccc23)c2ccccc12. The third-order valence-corrected chi connectivity index (χ3v) is 8.13. The Kier molecular flexibility index (Phi) is 5.08. The van der Waals surface area contributed by atoms with Gasteiger partial charge in [0.25, 0.3) is 0 Å². The molecular weight excluding hydrogens is 484 g/mol. The Bertz CT molecular complexity index is 2170. The zero-order valence-corrected chi connectivity index (χ0v) is 22.2. The minimum Gasteiger partial charge on any atom is -0.296 e. The Balaban J connectivity index is 1.53. The summed E-state index contributed by atoms with van der Waals surface area (Å²) in [6.07, 6.45) is 0. The van der Waals surface area contributed by atoms with Crippen molar-refractivity contribution in [1.82, 2.24) is 9.55 Å². The fourth-order valence-electron chi connectivity index (χ4n) is 6.48. The first kappa shape index (κ1) is 22.7. The van der Waals surface area contributed by atoms with E-state index in [4.69, 9.17) is 4.98 Å². The number of hydrogen-bond donors (Lipinski definition) is 0. The standard InChI is InChI=1S/C38H26N2/c1-25-39-34-22-9-11-24-36(34)40(25)35-23-10-8-20-33(35)38-31-18-6-4-16-29(31)37(30-17-5-7-19-32(30)38)28-21-12-14-26-13-2-3-15-27(26)28/h2-24H,1H3. The van der Waals surface area contributed by atoms with Crippen molar-refractivity contribution in [3.63, 3.8) is 0 Å². The fraction of sp³-hybridized carbons (Fsp3) is 0.0263. The molecule has 0 saturated heterocycles. The van der Waals surface area contributed by atoms with Crippen LogP contribution < -0.4 is 0 Å². The average Bonchev–Trinajstić information content (AvgIpc) is 3.35. The Morgan fingerprint density at radius 3 is 1.68 bits per heavy atom. The van der Waals surface area contributed by atoms with Gasteiger partial charge < -0.3 is 0 Å². The number of aryl methyl sites for hydroxylation is 1. The summed E-state index contributed by atoms with van der Waals surface area (Å²) in [5, 5.41) is 7.54. The molecule has 2 nitrogen and oxygen atoms in total. The maximum absolute atomic E-state index is 4.89. The first-order chi connectivity index (χ1) is 19.8. The predicted molar refractivity (Wildman–Crippen MR) is 169 cm³/mol. The minimum atomic E-state index is 0.981. The van der Waals surface area contributed by atoms with E-state index >= 15 is 0 Å². The van der Waals surface area contributed by atoms with Crippen LogP contribution in [0.1, 0.15) is 5.82 Å². The van der Waals surface area contributed by atoms with E-state index in [0.717, 1.165) is 22.5 Å². The fourth-order valence-corrected chi connectivity index (χ4v) is 6.48. The van der Waals surface area contributed by atoms with Gasteiger partial charge in [-0.05, 0) is 74.1 Å². The average molecular weight is 511 g/mol. The molecule has 0 unspecified atom stereocenters. The molecule has 0 aliphatic rings. The highest BCUT2D eigenvalue weighted by Gasteiger charge is 2.20. The molecule has 0 fully saturated rings. The van der Waals surface area contributed by atoms with Gasteiger partial charge in [-0.3, -0.25) is 4.57 Å². The number of fused-ring (bicyclic) bond motifs is 4. The van der Waals surface area contributed by atoms with E-state index in [2.05, 4.69) is 151 Å². The summed E-state index contributed by atoms with van der Waals surface area (Å²) >= 11 is 0. The van der Waals surface area contributed by atoms with Crippen LogP contribution in [-0.4, -0.2) is 9.55 Å². The summed E-state index contributed by atoms with van der Waals surface area (Å²) in [5.74, 6) is 0.981. The number of rotatable bonds is 3. The molecular formula is C38H26N2. The van der Waals surface area contributed by atoms with Gasteiger partial charge in [-0.2, -0.15) is 0 Å². The van der Waals surface area contributed by atoms with Crippen LogP contribution >= 0.6 is 0 Å². The molecule has 188 valence electrons. The van der Waals surface area contributed by atoms with E-state index in [1.54, 1.807) is 0 Å². The Morgan fingerprint density at radius 2 is 0.950 bits per heavy atom. The summed E-state index contributed by atoms with van der Waals surface area (Å²) in [7, 11) is 0. The Hall–Kier alpha value is -5.21. The monoisotopic (exact) mass is 510 g/mol. The molecule has 0 spiro atoms. The van der Waals surface area contributed by atoms with Crippen LogP contribution in [0.25, 0.3) is 71.3 Å². The molecule has 0 saturated carbocycles. The molecule has 0 aliphatic heterocycles. The van der Waals surface area contributed by atoms with Crippen LogP contribution in [-0.2, 0) is 0 Å².